The molecule has 0 spiro atoms. The second kappa shape index (κ2) is 10.8. The number of anilines is 1. The van der Waals surface area contributed by atoms with Gasteiger partial charge in [0.25, 0.3) is 0 Å². The average Bonchev–Trinajstić information content (AvgIpc) is 3.20. The van der Waals surface area contributed by atoms with Gasteiger partial charge in [-0.25, -0.2) is 9.97 Å². The quantitative estimate of drug-likeness (QED) is 0.504. The first-order chi connectivity index (χ1) is 16.3. The zero-order valence-electron chi connectivity index (χ0n) is 19.4. The van der Waals surface area contributed by atoms with Crippen molar-refractivity contribution in [3.8, 4) is 0 Å². The van der Waals surface area contributed by atoms with Crippen molar-refractivity contribution in [3.05, 3.63) is 12.5 Å². The minimum atomic E-state index is -4.27. The fraction of sp³-hybridized carbons (Fsp3) is 0.714. The third kappa shape index (κ3) is 6.33. The molecular formula is C21H31F3N8O2. The number of ether oxygens (including phenoxy) is 1. The Morgan fingerprint density at radius 3 is 2.44 bits per heavy atom. The van der Waals surface area contributed by atoms with Crippen molar-refractivity contribution in [2.24, 2.45) is 7.05 Å². The van der Waals surface area contributed by atoms with Crippen molar-refractivity contribution in [1.82, 2.24) is 34.4 Å². The molecule has 0 bridgehead atoms. The van der Waals surface area contributed by atoms with Crippen LogP contribution in [0.15, 0.2) is 12.5 Å². The van der Waals surface area contributed by atoms with Crippen molar-refractivity contribution in [2.75, 3.05) is 83.6 Å². The summed E-state index contributed by atoms with van der Waals surface area (Å²) in [6.45, 7) is 5.85. The highest BCUT2D eigenvalue weighted by molar-refractivity contribution is 5.87. The molecule has 1 amide bonds. The number of carbonyl (C=O) groups is 1. The molecule has 2 aromatic rings. The lowest BCUT2D eigenvalue weighted by Gasteiger charge is -2.38. The van der Waals surface area contributed by atoms with E-state index in [4.69, 9.17) is 0 Å². The van der Waals surface area contributed by atoms with Crippen LogP contribution in [-0.4, -0.2) is 125 Å². The van der Waals surface area contributed by atoms with Crippen LogP contribution in [0.3, 0.4) is 0 Å². The van der Waals surface area contributed by atoms with Gasteiger partial charge in [0.1, 0.15) is 18.8 Å². The molecule has 10 nitrogen and oxygen atoms in total. The summed E-state index contributed by atoms with van der Waals surface area (Å²) in [7, 11) is 1.85. The third-order valence-electron chi connectivity index (χ3n) is 6.29. The monoisotopic (exact) mass is 484 g/mol. The predicted octanol–water partition coefficient (Wildman–Crippen LogP) is 0.599. The summed E-state index contributed by atoms with van der Waals surface area (Å²) in [5, 5.41) is 5.18. The summed E-state index contributed by atoms with van der Waals surface area (Å²) in [5.74, 6) is 0.980. The van der Waals surface area contributed by atoms with Crippen LogP contribution in [0, 0.1) is 0 Å². The molecular weight excluding hydrogens is 453 g/mol. The first kappa shape index (κ1) is 24.6. The number of nitrogens with zero attached hydrogens (tertiary/aromatic N) is 8. The van der Waals surface area contributed by atoms with Gasteiger partial charge in [-0.3, -0.25) is 14.4 Å². The molecule has 2 aromatic heterocycles. The maximum absolute atomic E-state index is 12.8. The number of hydrogen-bond acceptors (Lipinski definition) is 8. The van der Waals surface area contributed by atoms with Gasteiger partial charge in [0.2, 0.25) is 5.91 Å². The second-order valence-corrected chi connectivity index (χ2v) is 8.71. The number of hydrogen-bond donors (Lipinski definition) is 0. The van der Waals surface area contributed by atoms with E-state index in [1.807, 2.05) is 11.9 Å². The van der Waals surface area contributed by atoms with Crippen molar-refractivity contribution in [1.29, 1.82) is 0 Å². The highest BCUT2D eigenvalue weighted by Gasteiger charge is 2.28. The van der Waals surface area contributed by atoms with Gasteiger partial charge in [0, 0.05) is 72.6 Å². The summed E-state index contributed by atoms with van der Waals surface area (Å²) in [6, 6.07) is 0. The van der Waals surface area contributed by atoms with Crippen LogP contribution in [-0.2, 0) is 16.6 Å². The minimum Gasteiger partial charge on any atom is -0.372 e. The first-order valence-electron chi connectivity index (χ1n) is 11.5. The van der Waals surface area contributed by atoms with E-state index < -0.39 is 12.8 Å². The molecule has 13 heteroatoms. The van der Waals surface area contributed by atoms with E-state index >= 15 is 0 Å². The molecule has 0 atom stereocenters. The maximum atomic E-state index is 12.8. The zero-order valence-corrected chi connectivity index (χ0v) is 19.4. The van der Waals surface area contributed by atoms with Crippen molar-refractivity contribution < 1.29 is 22.7 Å². The molecule has 4 heterocycles. The van der Waals surface area contributed by atoms with Crippen molar-refractivity contribution in [3.63, 3.8) is 0 Å². The fourth-order valence-electron chi connectivity index (χ4n) is 4.41. The topological polar surface area (TPSA) is 82.9 Å². The Kier molecular flexibility index (Phi) is 7.84. The Balaban J connectivity index is 1.15. The molecule has 34 heavy (non-hydrogen) atoms. The van der Waals surface area contributed by atoms with Crippen LogP contribution in [0.5, 0.6) is 0 Å². The average molecular weight is 485 g/mol. The number of alkyl halides is 3. The van der Waals surface area contributed by atoms with Gasteiger partial charge >= 0.3 is 6.18 Å². The number of carbonyl (C=O) groups excluding carboxylic acids is 1. The van der Waals surface area contributed by atoms with Gasteiger partial charge in [-0.2, -0.15) is 18.3 Å². The Morgan fingerprint density at radius 1 is 1.03 bits per heavy atom. The van der Waals surface area contributed by atoms with Gasteiger partial charge in [-0.1, -0.05) is 0 Å². The highest BCUT2D eigenvalue weighted by Crippen LogP contribution is 2.23. The summed E-state index contributed by atoms with van der Waals surface area (Å²) < 4.78 is 42.7. The van der Waals surface area contributed by atoms with E-state index in [0.717, 1.165) is 43.0 Å². The molecule has 0 N–H and O–H groups in total. The van der Waals surface area contributed by atoms with Crippen LogP contribution in [0.2, 0.25) is 0 Å². The number of rotatable bonds is 8. The standard InChI is InChI=1S/C21H31F3N8O2/c1-28-19-17(13-27-28)20(26-16-25-19)32-10-8-31(9-11-32)18(33)14-30-6-4-29(5-7-30)3-2-12-34-15-21(22,23)24/h13,16H,2-12,14-15H2,1H3. The molecule has 2 fully saturated rings. The summed E-state index contributed by atoms with van der Waals surface area (Å²) in [6.07, 6.45) is -0.382. The fourth-order valence-corrected chi connectivity index (χ4v) is 4.41. The SMILES string of the molecule is Cn1ncc2c(N3CCN(C(=O)CN4CCN(CCCOCC(F)(F)F)CC4)CC3)ncnc21. The first-order valence-corrected chi connectivity index (χ1v) is 11.5. The Morgan fingerprint density at radius 2 is 1.74 bits per heavy atom. The lowest BCUT2D eigenvalue weighted by atomic mass is 10.2. The molecule has 4 rings (SSSR count). The number of halogens is 3. The molecule has 2 aliphatic rings. The van der Waals surface area contributed by atoms with Crippen LogP contribution in [0.25, 0.3) is 11.0 Å². The largest absolute Gasteiger partial charge is 0.411 e. The Labute approximate surface area is 196 Å². The summed E-state index contributed by atoms with van der Waals surface area (Å²) >= 11 is 0. The van der Waals surface area contributed by atoms with Crippen LogP contribution < -0.4 is 4.90 Å². The van der Waals surface area contributed by atoms with Crippen LogP contribution in [0.1, 0.15) is 6.42 Å². The molecule has 0 aromatic carbocycles. The number of aryl methyl sites for hydroxylation is 1. The number of aromatic nitrogens is 4. The molecule has 0 unspecified atom stereocenters. The van der Waals surface area contributed by atoms with Gasteiger partial charge < -0.3 is 19.4 Å². The van der Waals surface area contributed by atoms with Gasteiger partial charge in [0.05, 0.1) is 18.1 Å². The van der Waals surface area contributed by atoms with Crippen molar-refractivity contribution in [2.45, 2.75) is 12.6 Å². The minimum absolute atomic E-state index is 0.103. The highest BCUT2D eigenvalue weighted by atomic mass is 19.4. The number of fused-ring (bicyclic) bond motifs is 1. The Bertz CT molecular complexity index is 953. The smallest absolute Gasteiger partial charge is 0.372 e. The zero-order chi connectivity index (χ0) is 24.1. The molecule has 2 aliphatic heterocycles. The molecule has 2 saturated heterocycles. The Hall–Kier alpha value is -2.51. The van der Waals surface area contributed by atoms with Gasteiger partial charge in [0.15, 0.2) is 5.65 Å². The van der Waals surface area contributed by atoms with E-state index in [-0.39, 0.29) is 12.5 Å². The summed E-state index contributed by atoms with van der Waals surface area (Å²) in [5.41, 5.74) is 0.788. The van der Waals surface area contributed by atoms with Gasteiger partial charge in [-0.05, 0) is 6.42 Å². The van der Waals surface area contributed by atoms with Crippen LogP contribution >= 0.6 is 0 Å². The molecule has 0 aliphatic carbocycles. The van der Waals surface area contributed by atoms with E-state index in [1.165, 1.54) is 0 Å². The lowest BCUT2D eigenvalue weighted by molar-refractivity contribution is -0.174. The third-order valence-corrected chi connectivity index (χ3v) is 6.29. The van der Waals surface area contributed by atoms with E-state index in [9.17, 15) is 18.0 Å². The molecule has 0 saturated carbocycles. The van der Waals surface area contributed by atoms with Gasteiger partial charge in [-0.15, -0.1) is 0 Å². The molecule has 188 valence electrons. The van der Waals surface area contributed by atoms with Crippen LogP contribution in [0.4, 0.5) is 19.0 Å². The summed E-state index contributed by atoms with van der Waals surface area (Å²) in [4.78, 5) is 30.0. The second-order valence-electron chi connectivity index (χ2n) is 8.71. The normalized spacial score (nSPS) is 18.7. The van der Waals surface area contributed by atoms with E-state index in [0.29, 0.717) is 45.7 Å². The maximum Gasteiger partial charge on any atom is 0.411 e. The molecule has 0 radical (unpaired) electrons. The number of amides is 1. The number of piperazine rings is 2. The van der Waals surface area contributed by atoms with Crippen molar-refractivity contribution >= 4 is 22.8 Å². The van der Waals surface area contributed by atoms with E-state index in [1.54, 1.807) is 17.2 Å². The predicted molar refractivity (Wildman–Crippen MR) is 119 cm³/mol. The lowest BCUT2D eigenvalue weighted by Crippen LogP contribution is -2.54. The van der Waals surface area contributed by atoms with E-state index in [2.05, 4.69) is 34.5 Å².